The van der Waals surface area contributed by atoms with Gasteiger partial charge in [0, 0.05) is 18.3 Å². The summed E-state index contributed by atoms with van der Waals surface area (Å²) in [6, 6.07) is 4.86. The molecule has 108 valence electrons. The fraction of sp³-hybridized carbons (Fsp3) is 0.400. The van der Waals surface area contributed by atoms with Crippen LogP contribution in [0.3, 0.4) is 0 Å². The van der Waals surface area contributed by atoms with Crippen molar-refractivity contribution in [1.29, 1.82) is 0 Å². The summed E-state index contributed by atoms with van der Waals surface area (Å²) in [7, 11) is 0. The molecular weight excluding hydrogens is 277 g/mol. The van der Waals surface area contributed by atoms with Gasteiger partial charge in [0.25, 0.3) is 0 Å². The number of rotatable bonds is 6. The number of aromatic nitrogens is 2. The van der Waals surface area contributed by atoms with Gasteiger partial charge in [-0.15, -0.1) is 0 Å². The van der Waals surface area contributed by atoms with Crippen LogP contribution >= 0.6 is 11.6 Å². The van der Waals surface area contributed by atoms with Crippen molar-refractivity contribution < 1.29 is 4.39 Å². The van der Waals surface area contributed by atoms with Crippen molar-refractivity contribution in [3.63, 3.8) is 0 Å². The zero-order valence-corrected chi connectivity index (χ0v) is 12.5. The molecule has 0 amide bonds. The molecule has 5 heteroatoms. The van der Waals surface area contributed by atoms with Gasteiger partial charge in [-0.3, -0.25) is 4.68 Å². The molecule has 1 heterocycles. The van der Waals surface area contributed by atoms with E-state index in [-0.39, 0.29) is 11.1 Å². The summed E-state index contributed by atoms with van der Waals surface area (Å²) in [5.41, 5.74) is 1.89. The molecule has 0 fully saturated rings. The molecule has 3 nitrogen and oxygen atoms in total. The van der Waals surface area contributed by atoms with Crippen molar-refractivity contribution in [2.75, 3.05) is 6.54 Å². The van der Waals surface area contributed by atoms with E-state index in [1.54, 1.807) is 6.07 Å². The van der Waals surface area contributed by atoms with E-state index in [1.807, 2.05) is 30.1 Å². The molecule has 0 saturated heterocycles. The Balaban J connectivity index is 2.32. The van der Waals surface area contributed by atoms with E-state index in [0.29, 0.717) is 0 Å². The smallest absolute Gasteiger partial charge is 0.142 e. The Morgan fingerprint density at radius 3 is 2.75 bits per heavy atom. The number of benzene rings is 1. The molecule has 2 rings (SSSR count). The molecule has 0 aliphatic heterocycles. The lowest BCUT2D eigenvalue weighted by atomic mass is 10.0. The van der Waals surface area contributed by atoms with Crippen molar-refractivity contribution in [2.24, 2.45) is 0 Å². The van der Waals surface area contributed by atoms with Crippen LogP contribution in [0, 0.1) is 5.82 Å². The van der Waals surface area contributed by atoms with Crippen LogP contribution in [-0.4, -0.2) is 16.3 Å². The molecule has 0 saturated carbocycles. The molecule has 0 radical (unpaired) electrons. The summed E-state index contributed by atoms with van der Waals surface area (Å²) >= 11 is 5.75. The minimum atomic E-state index is -0.393. The van der Waals surface area contributed by atoms with Gasteiger partial charge >= 0.3 is 0 Å². The Hall–Kier alpha value is -1.39. The summed E-state index contributed by atoms with van der Waals surface area (Å²) in [6.45, 7) is 5.80. The molecule has 0 bridgehead atoms. The maximum atomic E-state index is 13.7. The first-order valence-corrected chi connectivity index (χ1v) is 7.24. The summed E-state index contributed by atoms with van der Waals surface area (Å²) in [6.07, 6.45) is 4.82. The zero-order valence-electron chi connectivity index (χ0n) is 11.7. The minimum Gasteiger partial charge on any atom is -0.306 e. The van der Waals surface area contributed by atoms with Crippen molar-refractivity contribution in [3.8, 4) is 0 Å². The molecule has 0 aliphatic rings. The number of nitrogens with zero attached hydrogens (tertiary/aromatic N) is 2. The second-order valence-corrected chi connectivity index (χ2v) is 5.10. The predicted octanol–water partition coefficient (Wildman–Crippen LogP) is 3.78. The number of halogens is 2. The normalized spacial score (nSPS) is 12.6. The standard InChI is InChI=1S/C15H19ClFN3/c1-3-7-18-15(12-9-19-20(4-2)10-12)11-5-6-13(16)14(17)8-11/h5-6,8-10,15,18H,3-4,7H2,1-2H3. The average Bonchev–Trinajstić information content (AvgIpc) is 2.92. The maximum Gasteiger partial charge on any atom is 0.142 e. The van der Waals surface area contributed by atoms with Crippen LogP contribution in [0.1, 0.15) is 37.4 Å². The summed E-state index contributed by atoms with van der Waals surface area (Å²) in [4.78, 5) is 0. The van der Waals surface area contributed by atoms with Gasteiger partial charge in [0.1, 0.15) is 5.82 Å². The highest BCUT2D eigenvalue weighted by Crippen LogP contribution is 2.25. The lowest BCUT2D eigenvalue weighted by Crippen LogP contribution is -2.23. The lowest BCUT2D eigenvalue weighted by Gasteiger charge is -2.18. The molecule has 2 aromatic rings. The van der Waals surface area contributed by atoms with Gasteiger partial charge in [-0.05, 0) is 37.6 Å². The average molecular weight is 296 g/mol. The minimum absolute atomic E-state index is 0.0676. The molecule has 1 N–H and O–H groups in total. The first-order valence-electron chi connectivity index (χ1n) is 6.86. The monoisotopic (exact) mass is 295 g/mol. The Morgan fingerprint density at radius 2 is 2.15 bits per heavy atom. The third-order valence-corrected chi connectivity index (χ3v) is 3.49. The quantitative estimate of drug-likeness (QED) is 0.879. The molecule has 20 heavy (non-hydrogen) atoms. The molecule has 1 aromatic heterocycles. The van der Waals surface area contributed by atoms with E-state index in [0.717, 1.165) is 30.6 Å². The Labute approximate surface area is 123 Å². The van der Waals surface area contributed by atoms with Crippen LogP contribution in [-0.2, 0) is 6.54 Å². The molecule has 1 aromatic carbocycles. The summed E-state index contributed by atoms with van der Waals surface area (Å²) < 4.78 is 15.5. The zero-order chi connectivity index (χ0) is 14.5. The van der Waals surface area contributed by atoms with E-state index in [1.165, 1.54) is 6.07 Å². The predicted molar refractivity (Wildman–Crippen MR) is 79.4 cm³/mol. The van der Waals surface area contributed by atoms with Crippen LogP contribution in [0.4, 0.5) is 4.39 Å². The van der Waals surface area contributed by atoms with Crippen LogP contribution < -0.4 is 5.32 Å². The Morgan fingerprint density at radius 1 is 1.35 bits per heavy atom. The largest absolute Gasteiger partial charge is 0.306 e. The molecular formula is C15H19ClFN3. The van der Waals surface area contributed by atoms with Crippen molar-refractivity contribution in [2.45, 2.75) is 32.9 Å². The third kappa shape index (κ3) is 3.38. The lowest BCUT2D eigenvalue weighted by molar-refractivity contribution is 0.584. The van der Waals surface area contributed by atoms with Gasteiger partial charge in [-0.1, -0.05) is 24.6 Å². The fourth-order valence-corrected chi connectivity index (χ4v) is 2.23. The van der Waals surface area contributed by atoms with Crippen LogP contribution in [0.2, 0.25) is 5.02 Å². The highest BCUT2D eigenvalue weighted by molar-refractivity contribution is 6.30. The van der Waals surface area contributed by atoms with Crippen molar-refractivity contribution >= 4 is 11.6 Å². The van der Waals surface area contributed by atoms with Gasteiger partial charge in [0.2, 0.25) is 0 Å². The second kappa shape index (κ2) is 6.86. The van der Waals surface area contributed by atoms with Crippen LogP contribution in [0.25, 0.3) is 0 Å². The van der Waals surface area contributed by atoms with E-state index >= 15 is 0 Å². The first kappa shape index (κ1) is 15.0. The third-order valence-electron chi connectivity index (χ3n) is 3.19. The number of hydrogen-bond acceptors (Lipinski definition) is 2. The van der Waals surface area contributed by atoms with E-state index < -0.39 is 5.82 Å². The second-order valence-electron chi connectivity index (χ2n) is 4.69. The molecule has 0 aliphatic carbocycles. The maximum absolute atomic E-state index is 13.7. The van der Waals surface area contributed by atoms with Crippen molar-refractivity contribution in [3.05, 3.63) is 52.6 Å². The van der Waals surface area contributed by atoms with Crippen LogP contribution in [0.5, 0.6) is 0 Å². The molecule has 1 unspecified atom stereocenters. The van der Waals surface area contributed by atoms with E-state index in [9.17, 15) is 4.39 Å². The van der Waals surface area contributed by atoms with Gasteiger partial charge in [-0.25, -0.2) is 4.39 Å². The van der Waals surface area contributed by atoms with Gasteiger partial charge in [0.15, 0.2) is 0 Å². The SMILES string of the molecule is CCCNC(c1ccc(Cl)c(F)c1)c1cnn(CC)c1. The first-order chi connectivity index (χ1) is 9.65. The van der Waals surface area contributed by atoms with Gasteiger partial charge in [-0.2, -0.15) is 5.10 Å². The van der Waals surface area contributed by atoms with Crippen molar-refractivity contribution in [1.82, 2.24) is 15.1 Å². The molecule has 0 spiro atoms. The summed E-state index contributed by atoms with van der Waals surface area (Å²) in [5.74, 6) is -0.393. The fourth-order valence-electron chi connectivity index (χ4n) is 2.11. The molecule has 1 atom stereocenters. The Bertz CT molecular complexity index is 568. The van der Waals surface area contributed by atoms with E-state index in [4.69, 9.17) is 11.6 Å². The topological polar surface area (TPSA) is 29.9 Å². The highest BCUT2D eigenvalue weighted by atomic mass is 35.5. The highest BCUT2D eigenvalue weighted by Gasteiger charge is 2.16. The van der Waals surface area contributed by atoms with Gasteiger partial charge in [0.05, 0.1) is 17.3 Å². The number of nitrogens with one attached hydrogen (secondary N) is 1. The summed E-state index contributed by atoms with van der Waals surface area (Å²) in [5, 5.41) is 7.85. The Kier molecular flexibility index (Phi) is 5.15. The number of hydrogen-bond donors (Lipinski definition) is 1. The van der Waals surface area contributed by atoms with Gasteiger partial charge < -0.3 is 5.32 Å². The van der Waals surface area contributed by atoms with Crippen LogP contribution in [0.15, 0.2) is 30.6 Å². The van der Waals surface area contributed by atoms with E-state index in [2.05, 4.69) is 17.3 Å². The number of aryl methyl sites for hydroxylation is 1.